The van der Waals surface area contributed by atoms with Crippen LogP contribution in [0.3, 0.4) is 0 Å². The molecule has 1 aliphatic rings. The van der Waals surface area contributed by atoms with Crippen molar-refractivity contribution in [2.24, 2.45) is 5.92 Å². The second kappa shape index (κ2) is 6.62. The summed E-state index contributed by atoms with van der Waals surface area (Å²) in [6.45, 7) is 0.0346. The van der Waals surface area contributed by atoms with E-state index in [9.17, 15) is 19.8 Å². The molecule has 1 fully saturated rings. The topological polar surface area (TPSA) is 93.1 Å². The summed E-state index contributed by atoms with van der Waals surface area (Å²) in [4.78, 5) is 23.5. The molecule has 1 aliphatic carbocycles. The fraction of sp³-hybridized carbons (Fsp3) is 0.222. The van der Waals surface area contributed by atoms with Crippen molar-refractivity contribution in [3.63, 3.8) is 0 Å². The summed E-state index contributed by atoms with van der Waals surface area (Å²) in [5.74, 6) is -1.69. The van der Waals surface area contributed by atoms with Gasteiger partial charge in [-0.2, -0.15) is 0 Å². The normalized spacial score (nSPS) is 18.7. The van der Waals surface area contributed by atoms with Crippen molar-refractivity contribution in [1.82, 2.24) is 0 Å². The molecule has 3 rings (SSSR count). The van der Waals surface area contributed by atoms with Crippen molar-refractivity contribution in [2.75, 3.05) is 0 Å². The van der Waals surface area contributed by atoms with Crippen molar-refractivity contribution in [3.05, 3.63) is 59.7 Å². The van der Waals surface area contributed by atoms with Gasteiger partial charge in [0.15, 0.2) is 11.5 Å². The van der Waals surface area contributed by atoms with E-state index >= 15 is 0 Å². The van der Waals surface area contributed by atoms with Crippen molar-refractivity contribution >= 4 is 12.1 Å². The van der Waals surface area contributed by atoms with Crippen LogP contribution in [0.2, 0.25) is 0 Å². The molecule has 2 aromatic rings. The van der Waals surface area contributed by atoms with Gasteiger partial charge < -0.3 is 19.7 Å². The average molecular weight is 328 g/mol. The number of benzene rings is 2. The van der Waals surface area contributed by atoms with Gasteiger partial charge in [-0.05, 0) is 35.6 Å². The zero-order valence-corrected chi connectivity index (χ0v) is 12.7. The lowest BCUT2D eigenvalue weighted by Gasteiger charge is -2.05. The van der Waals surface area contributed by atoms with Gasteiger partial charge in [0.25, 0.3) is 0 Å². The zero-order valence-electron chi connectivity index (χ0n) is 12.7. The van der Waals surface area contributed by atoms with Gasteiger partial charge in [0, 0.05) is 0 Å². The van der Waals surface area contributed by atoms with E-state index in [0.29, 0.717) is 12.0 Å². The lowest BCUT2D eigenvalue weighted by Crippen LogP contribution is -2.15. The SMILES string of the molecule is O=C(OCc1ccccc1)OC(=O)C1CC1c1ccc(O)c(O)c1. The molecule has 2 N–H and O–H groups in total. The fourth-order valence-electron chi connectivity index (χ4n) is 2.50. The Labute approximate surface area is 138 Å². The summed E-state index contributed by atoms with van der Waals surface area (Å²) < 4.78 is 9.59. The highest BCUT2D eigenvalue weighted by Gasteiger charge is 2.46. The molecule has 2 unspecified atom stereocenters. The monoisotopic (exact) mass is 328 g/mol. The van der Waals surface area contributed by atoms with Gasteiger partial charge in [-0.1, -0.05) is 36.4 Å². The number of phenolic OH excluding ortho intramolecular Hbond substituents is 2. The summed E-state index contributed by atoms with van der Waals surface area (Å²) in [6, 6.07) is 13.5. The van der Waals surface area contributed by atoms with Crippen LogP contribution in [0.25, 0.3) is 0 Å². The van der Waals surface area contributed by atoms with Crippen molar-refractivity contribution < 1.29 is 29.3 Å². The van der Waals surface area contributed by atoms with E-state index < -0.39 is 18.0 Å². The number of rotatable bonds is 4. The van der Waals surface area contributed by atoms with Crippen molar-refractivity contribution in [1.29, 1.82) is 0 Å². The quantitative estimate of drug-likeness (QED) is 0.509. The van der Waals surface area contributed by atoms with Gasteiger partial charge in [0.1, 0.15) is 6.61 Å². The molecular weight excluding hydrogens is 312 g/mol. The highest BCUT2D eigenvalue weighted by Crippen LogP contribution is 2.49. The molecule has 0 aromatic heterocycles. The maximum Gasteiger partial charge on any atom is 0.516 e. The van der Waals surface area contributed by atoms with Crippen LogP contribution < -0.4 is 0 Å². The van der Waals surface area contributed by atoms with Crippen LogP contribution in [0, 0.1) is 5.92 Å². The van der Waals surface area contributed by atoms with Gasteiger partial charge >= 0.3 is 12.1 Å². The van der Waals surface area contributed by atoms with E-state index in [2.05, 4.69) is 4.74 Å². The molecule has 0 heterocycles. The summed E-state index contributed by atoms with van der Waals surface area (Å²) in [5.41, 5.74) is 1.51. The Morgan fingerprint density at radius 3 is 2.50 bits per heavy atom. The molecule has 0 saturated heterocycles. The third kappa shape index (κ3) is 3.65. The summed E-state index contributed by atoms with van der Waals surface area (Å²) in [7, 11) is 0. The van der Waals surface area contributed by atoms with Gasteiger partial charge in [0.05, 0.1) is 5.92 Å². The van der Waals surface area contributed by atoms with E-state index in [1.807, 2.05) is 18.2 Å². The van der Waals surface area contributed by atoms with Crippen LogP contribution in [0.5, 0.6) is 11.5 Å². The maximum atomic E-state index is 11.9. The number of phenols is 2. The van der Waals surface area contributed by atoms with Crippen LogP contribution in [-0.2, 0) is 20.9 Å². The van der Waals surface area contributed by atoms with Crippen LogP contribution in [-0.4, -0.2) is 22.3 Å². The van der Waals surface area contributed by atoms with Gasteiger partial charge in [0.2, 0.25) is 0 Å². The molecule has 0 radical (unpaired) electrons. The highest BCUT2D eigenvalue weighted by atomic mass is 16.7. The minimum atomic E-state index is -1.02. The Bertz CT molecular complexity index is 755. The maximum absolute atomic E-state index is 11.9. The van der Waals surface area contributed by atoms with E-state index in [1.165, 1.54) is 12.1 Å². The molecular formula is C18H16O6. The molecule has 6 heteroatoms. The van der Waals surface area contributed by atoms with Gasteiger partial charge in [-0.3, -0.25) is 4.79 Å². The second-order valence-corrected chi connectivity index (χ2v) is 5.64. The molecule has 2 aromatic carbocycles. The number of hydrogen-bond donors (Lipinski definition) is 2. The first-order valence-electron chi connectivity index (χ1n) is 7.49. The van der Waals surface area contributed by atoms with Crippen molar-refractivity contribution in [2.45, 2.75) is 18.9 Å². The number of aromatic hydroxyl groups is 2. The molecule has 1 saturated carbocycles. The summed E-state index contributed by atoms with van der Waals surface area (Å²) in [6.07, 6.45) is -0.502. The molecule has 2 atom stereocenters. The highest BCUT2D eigenvalue weighted by molar-refractivity contribution is 5.86. The molecule has 124 valence electrons. The van der Waals surface area contributed by atoms with Gasteiger partial charge in [-0.25, -0.2) is 4.79 Å². The average Bonchev–Trinajstić information content (AvgIpc) is 3.37. The molecule has 6 nitrogen and oxygen atoms in total. The van der Waals surface area contributed by atoms with Crippen LogP contribution in [0.15, 0.2) is 48.5 Å². The first kappa shape index (κ1) is 15.9. The smallest absolute Gasteiger partial charge is 0.504 e. The largest absolute Gasteiger partial charge is 0.516 e. The number of esters is 1. The Kier molecular flexibility index (Phi) is 4.37. The van der Waals surface area contributed by atoms with Crippen molar-refractivity contribution in [3.8, 4) is 11.5 Å². The lowest BCUT2D eigenvalue weighted by molar-refractivity contribution is -0.141. The third-order valence-corrected chi connectivity index (χ3v) is 3.90. The number of carbonyl (C=O) groups is 2. The number of carbonyl (C=O) groups excluding carboxylic acids is 2. The van der Waals surface area contributed by atoms with Crippen LogP contribution in [0.4, 0.5) is 4.79 Å². The third-order valence-electron chi connectivity index (χ3n) is 3.90. The predicted molar refractivity (Wildman–Crippen MR) is 83.3 cm³/mol. The number of ether oxygens (including phenoxy) is 2. The van der Waals surface area contributed by atoms with Crippen LogP contribution in [0.1, 0.15) is 23.5 Å². The molecule has 0 aliphatic heterocycles. The van der Waals surface area contributed by atoms with Crippen LogP contribution >= 0.6 is 0 Å². The summed E-state index contributed by atoms with van der Waals surface area (Å²) >= 11 is 0. The van der Waals surface area contributed by atoms with E-state index in [-0.39, 0.29) is 24.0 Å². The second-order valence-electron chi connectivity index (χ2n) is 5.64. The molecule has 0 amide bonds. The Morgan fingerprint density at radius 1 is 1.04 bits per heavy atom. The zero-order chi connectivity index (χ0) is 17.1. The minimum Gasteiger partial charge on any atom is -0.504 e. The number of hydrogen-bond acceptors (Lipinski definition) is 6. The Balaban J connectivity index is 1.49. The molecule has 24 heavy (non-hydrogen) atoms. The molecule has 0 spiro atoms. The first-order valence-corrected chi connectivity index (χ1v) is 7.49. The van der Waals surface area contributed by atoms with E-state index in [0.717, 1.165) is 5.56 Å². The summed E-state index contributed by atoms with van der Waals surface area (Å²) in [5, 5.41) is 18.8. The molecule has 0 bridgehead atoms. The van der Waals surface area contributed by atoms with E-state index in [1.54, 1.807) is 18.2 Å². The Morgan fingerprint density at radius 2 is 1.79 bits per heavy atom. The minimum absolute atomic E-state index is 0.0346. The standard InChI is InChI=1S/C18H16O6/c19-15-7-6-12(8-16(15)20)13-9-14(13)17(21)24-18(22)23-10-11-4-2-1-3-5-11/h1-8,13-14,19-20H,9-10H2. The lowest BCUT2D eigenvalue weighted by atomic mass is 10.1. The van der Waals surface area contributed by atoms with Gasteiger partial charge in [-0.15, -0.1) is 0 Å². The van der Waals surface area contributed by atoms with E-state index in [4.69, 9.17) is 4.74 Å². The Hall–Kier alpha value is -3.02. The first-order chi connectivity index (χ1) is 11.5. The fourth-order valence-corrected chi connectivity index (χ4v) is 2.50. The predicted octanol–water partition coefficient (Wildman–Crippen LogP) is 3.08.